The summed E-state index contributed by atoms with van der Waals surface area (Å²) in [7, 11) is 3.95. The maximum Gasteiger partial charge on any atom is 0.220 e. The van der Waals surface area contributed by atoms with E-state index in [-0.39, 0.29) is 17.7 Å². The number of nitrogens with zero attached hydrogens (tertiary/aromatic N) is 1. The maximum atomic E-state index is 11.7. The molecule has 0 aliphatic rings. The standard InChI is InChI=1S/C15H23N3O2/c1-11(15(16)20)7-8-14(19)17-10-12-5-4-6-13(9-12)18(2)3/h4-6,9,11H,7-8,10H2,1-3H3,(H2,16,20)(H,17,19)/t11-/m0/s1. The summed E-state index contributed by atoms with van der Waals surface area (Å²) in [5, 5.41) is 2.85. The lowest BCUT2D eigenvalue weighted by atomic mass is 10.1. The van der Waals surface area contributed by atoms with Crippen LogP contribution in [0.25, 0.3) is 0 Å². The molecule has 0 unspecified atom stereocenters. The van der Waals surface area contributed by atoms with E-state index in [1.54, 1.807) is 6.92 Å². The third kappa shape index (κ3) is 5.30. The molecule has 0 radical (unpaired) electrons. The van der Waals surface area contributed by atoms with Crippen molar-refractivity contribution in [2.24, 2.45) is 11.7 Å². The van der Waals surface area contributed by atoms with Crippen molar-refractivity contribution < 1.29 is 9.59 Å². The average Bonchev–Trinajstić information content (AvgIpc) is 2.42. The zero-order valence-corrected chi connectivity index (χ0v) is 12.3. The number of carbonyl (C=O) groups is 2. The highest BCUT2D eigenvalue weighted by Gasteiger charge is 2.11. The first kappa shape index (κ1) is 16.0. The molecule has 20 heavy (non-hydrogen) atoms. The number of primary amides is 1. The smallest absolute Gasteiger partial charge is 0.220 e. The Hall–Kier alpha value is -2.04. The molecule has 0 aromatic heterocycles. The summed E-state index contributed by atoms with van der Waals surface area (Å²) < 4.78 is 0. The first-order valence-electron chi connectivity index (χ1n) is 6.72. The number of hydrogen-bond acceptors (Lipinski definition) is 3. The number of nitrogens with two attached hydrogens (primary N) is 1. The summed E-state index contributed by atoms with van der Waals surface area (Å²) in [6.45, 7) is 2.22. The van der Waals surface area contributed by atoms with Gasteiger partial charge in [-0.1, -0.05) is 19.1 Å². The monoisotopic (exact) mass is 277 g/mol. The molecule has 0 saturated carbocycles. The van der Waals surface area contributed by atoms with Crippen LogP contribution in [0.2, 0.25) is 0 Å². The molecule has 0 saturated heterocycles. The Morgan fingerprint density at radius 3 is 2.65 bits per heavy atom. The zero-order chi connectivity index (χ0) is 15.1. The fourth-order valence-electron chi connectivity index (χ4n) is 1.72. The number of hydrogen-bond donors (Lipinski definition) is 2. The fourth-order valence-corrected chi connectivity index (χ4v) is 1.72. The molecule has 5 nitrogen and oxygen atoms in total. The Morgan fingerprint density at radius 2 is 2.05 bits per heavy atom. The Morgan fingerprint density at radius 1 is 1.35 bits per heavy atom. The summed E-state index contributed by atoms with van der Waals surface area (Å²) in [6.07, 6.45) is 0.802. The first-order chi connectivity index (χ1) is 9.40. The molecule has 0 spiro atoms. The van der Waals surface area contributed by atoms with Crippen LogP contribution in [-0.4, -0.2) is 25.9 Å². The minimum Gasteiger partial charge on any atom is -0.378 e. The number of benzene rings is 1. The molecule has 1 rings (SSSR count). The number of anilines is 1. The number of nitrogens with one attached hydrogen (secondary N) is 1. The maximum absolute atomic E-state index is 11.7. The molecule has 0 heterocycles. The second-order valence-corrected chi connectivity index (χ2v) is 5.18. The van der Waals surface area contributed by atoms with Gasteiger partial charge in [-0.2, -0.15) is 0 Å². The van der Waals surface area contributed by atoms with E-state index in [9.17, 15) is 9.59 Å². The molecule has 0 aliphatic carbocycles. The Labute approximate surface area is 120 Å². The van der Waals surface area contributed by atoms with Gasteiger partial charge in [-0.25, -0.2) is 0 Å². The summed E-state index contributed by atoms with van der Waals surface area (Å²) >= 11 is 0. The van der Waals surface area contributed by atoms with Crippen molar-refractivity contribution in [3.63, 3.8) is 0 Å². The predicted molar refractivity (Wildman–Crippen MR) is 80.2 cm³/mol. The highest BCUT2D eigenvalue weighted by molar-refractivity contribution is 5.79. The summed E-state index contributed by atoms with van der Waals surface area (Å²) in [5.74, 6) is -0.692. The highest BCUT2D eigenvalue weighted by Crippen LogP contribution is 2.13. The summed E-state index contributed by atoms with van der Waals surface area (Å²) in [4.78, 5) is 24.6. The van der Waals surface area contributed by atoms with Gasteiger partial charge in [0, 0.05) is 38.7 Å². The van der Waals surface area contributed by atoms with Crippen LogP contribution in [-0.2, 0) is 16.1 Å². The zero-order valence-electron chi connectivity index (χ0n) is 12.3. The van der Waals surface area contributed by atoms with Crippen LogP contribution in [0.3, 0.4) is 0 Å². The summed E-state index contributed by atoms with van der Waals surface area (Å²) in [5.41, 5.74) is 7.30. The third-order valence-corrected chi connectivity index (χ3v) is 3.21. The van der Waals surface area contributed by atoms with Gasteiger partial charge in [-0.05, 0) is 24.1 Å². The number of carbonyl (C=O) groups excluding carboxylic acids is 2. The minimum atomic E-state index is -0.364. The van der Waals surface area contributed by atoms with E-state index in [2.05, 4.69) is 5.32 Å². The van der Waals surface area contributed by atoms with Crippen molar-refractivity contribution in [2.45, 2.75) is 26.3 Å². The Bertz CT molecular complexity index is 472. The van der Waals surface area contributed by atoms with Gasteiger partial charge in [-0.3, -0.25) is 9.59 Å². The second-order valence-electron chi connectivity index (χ2n) is 5.18. The molecule has 2 amide bonds. The number of rotatable bonds is 7. The molecule has 5 heteroatoms. The normalized spacial score (nSPS) is 11.8. The highest BCUT2D eigenvalue weighted by atomic mass is 16.2. The molecular formula is C15H23N3O2. The third-order valence-electron chi connectivity index (χ3n) is 3.21. The quantitative estimate of drug-likeness (QED) is 0.788. The predicted octanol–water partition coefficient (Wildman–Crippen LogP) is 1.27. The second kappa shape index (κ2) is 7.53. The molecule has 1 aromatic carbocycles. The molecule has 1 aromatic rings. The molecule has 0 bridgehead atoms. The molecule has 0 aliphatic heterocycles. The van der Waals surface area contributed by atoms with Gasteiger partial charge in [0.15, 0.2) is 0 Å². The largest absolute Gasteiger partial charge is 0.378 e. The summed E-state index contributed by atoms with van der Waals surface area (Å²) in [6, 6.07) is 7.98. The first-order valence-corrected chi connectivity index (χ1v) is 6.72. The topological polar surface area (TPSA) is 75.4 Å². The van der Waals surface area contributed by atoms with E-state index in [1.807, 2.05) is 43.3 Å². The van der Waals surface area contributed by atoms with Gasteiger partial charge < -0.3 is 16.0 Å². The van der Waals surface area contributed by atoms with Crippen molar-refractivity contribution >= 4 is 17.5 Å². The average molecular weight is 277 g/mol. The molecule has 0 fully saturated rings. The van der Waals surface area contributed by atoms with Gasteiger partial charge in [-0.15, -0.1) is 0 Å². The van der Waals surface area contributed by atoms with Crippen molar-refractivity contribution in [1.82, 2.24) is 5.32 Å². The van der Waals surface area contributed by atoms with E-state index < -0.39 is 0 Å². The van der Waals surface area contributed by atoms with Crippen molar-refractivity contribution in [2.75, 3.05) is 19.0 Å². The van der Waals surface area contributed by atoms with Crippen molar-refractivity contribution in [3.8, 4) is 0 Å². The van der Waals surface area contributed by atoms with Gasteiger partial charge in [0.05, 0.1) is 0 Å². The lowest BCUT2D eigenvalue weighted by Crippen LogP contribution is -2.26. The van der Waals surface area contributed by atoms with Crippen LogP contribution >= 0.6 is 0 Å². The molecule has 1 atom stereocenters. The van der Waals surface area contributed by atoms with Crippen molar-refractivity contribution in [1.29, 1.82) is 0 Å². The number of amides is 2. The van der Waals surface area contributed by atoms with Crippen molar-refractivity contribution in [3.05, 3.63) is 29.8 Å². The van der Waals surface area contributed by atoms with Gasteiger partial charge in [0.1, 0.15) is 0 Å². The minimum absolute atomic E-state index is 0.0617. The van der Waals surface area contributed by atoms with Crippen LogP contribution in [0.15, 0.2) is 24.3 Å². The van der Waals surface area contributed by atoms with Gasteiger partial charge in [0.25, 0.3) is 0 Å². The van der Waals surface area contributed by atoms with E-state index in [1.165, 1.54) is 0 Å². The lowest BCUT2D eigenvalue weighted by molar-refractivity contribution is -0.123. The molecule has 3 N–H and O–H groups in total. The Balaban J connectivity index is 2.41. The van der Waals surface area contributed by atoms with Crippen LogP contribution in [0.4, 0.5) is 5.69 Å². The van der Waals surface area contributed by atoms with Crippen LogP contribution in [0.5, 0.6) is 0 Å². The molecular weight excluding hydrogens is 254 g/mol. The van der Waals surface area contributed by atoms with E-state index >= 15 is 0 Å². The Kier molecular flexibility index (Phi) is 6.03. The van der Waals surface area contributed by atoms with Crippen LogP contribution in [0, 0.1) is 5.92 Å². The molecule has 110 valence electrons. The van der Waals surface area contributed by atoms with Gasteiger partial charge >= 0.3 is 0 Å². The lowest BCUT2D eigenvalue weighted by Gasteiger charge is -2.14. The van der Waals surface area contributed by atoms with E-state index in [4.69, 9.17) is 5.73 Å². The fraction of sp³-hybridized carbons (Fsp3) is 0.467. The van der Waals surface area contributed by atoms with Gasteiger partial charge in [0.2, 0.25) is 11.8 Å². The SMILES string of the molecule is C[C@@H](CCC(=O)NCc1cccc(N(C)C)c1)C(N)=O. The van der Waals surface area contributed by atoms with E-state index in [0.29, 0.717) is 19.4 Å². The van der Waals surface area contributed by atoms with E-state index in [0.717, 1.165) is 11.3 Å². The van der Waals surface area contributed by atoms with Crippen LogP contribution < -0.4 is 16.0 Å². The van der Waals surface area contributed by atoms with Crippen LogP contribution in [0.1, 0.15) is 25.3 Å².